The molecule has 0 aliphatic rings. The van der Waals surface area contributed by atoms with E-state index >= 15 is 0 Å². The molecule has 0 saturated carbocycles. The molecule has 6 nitrogen and oxygen atoms in total. The van der Waals surface area contributed by atoms with Gasteiger partial charge in [0.15, 0.2) is 5.96 Å². The standard InChI is InChI=1S/C15H23F3N4O2S/c1-3-19-14(20-8-9-22-25(23,24)4-2)21-11-12-6-5-7-13(10-12)15(16,17)18/h5-7,10,22H,3-4,8-9,11H2,1-2H3,(H2,19,20,21). The molecule has 0 aliphatic heterocycles. The van der Waals surface area contributed by atoms with Crippen LogP contribution in [0.5, 0.6) is 0 Å². The van der Waals surface area contributed by atoms with E-state index in [4.69, 9.17) is 0 Å². The highest BCUT2D eigenvalue weighted by Gasteiger charge is 2.30. The average Bonchev–Trinajstić information content (AvgIpc) is 2.56. The SMILES string of the molecule is CCNC(=NCc1cccc(C(F)(F)F)c1)NCCNS(=O)(=O)CC. The minimum atomic E-state index is -4.39. The lowest BCUT2D eigenvalue weighted by Gasteiger charge is -2.12. The quantitative estimate of drug-likeness (QED) is 0.364. The second kappa shape index (κ2) is 9.62. The van der Waals surface area contributed by atoms with Crippen LogP contribution in [0.25, 0.3) is 0 Å². The molecule has 0 radical (unpaired) electrons. The van der Waals surface area contributed by atoms with E-state index in [9.17, 15) is 21.6 Å². The van der Waals surface area contributed by atoms with Gasteiger partial charge in [-0.1, -0.05) is 12.1 Å². The van der Waals surface area contributed by atoms with Crippen LogP contribution in [0.15, 0.2) is 29.3 Å². The molecule has 0 spiro atoms. The summed E-state index contributed by atoms with van der Waals surface area (Å²) < 4.78 is 63.1. The van der Waals surface area contributed by atoms with E-state index in [1.807, 2.05) is 6.92 Å². The Balaban J connectivity index is 2.64. The Morgan fingerprint density at radius 2 is 1.88 bits per heavy atom. The van der Waals surface area contributed by atoms with Crippen molar-refractivity contribution in [2.24, 2.45) is 4.99 Å². The van der Waals surface area contributed by atoms with E-state index in [0.29, 0.717) is 24.6 Å². The lowest BCUT2D eigenvalue weighted by molar-refractivity contribution is -0.137. The first-order valence-electron chi connectivity index (χ1n) is 7.83. The molecule has 0 heterocycles. The van der Waals surface area contributed by atoms with Crippen LogP contribution in [-0.2, 0) is 22.7 Å². The van der Waals surface area contributed by atoms with Crippen LogP contribution < -0.4 is 15.4 Å². The number of halogens is 3. The fourth-order valence-corrected chi connectivity index (χ4v) is 2.46. The van der Waals surface area contributed by atoms with Gasteiger partial charge in [-0.2, -0.15) is 13.2 Å². The number of nitrogens with zero attached hydrogens (tertiary/aromatic N) is 1. The zero-order valence-corrected chi connectivity index (χ0v) is 15.0. The molecular weight excluding hydrogens is 357 g/mol. The fraction of sp³-hybridized carbons (Fsp3) is 0.533. The van der Waals surface area contributed by atoms with Crippen LogP contribution >= 0.6 is 0 Å². The van der Waals surface area contributed by atoms with Crippen molar-refractivity contribution in [2.45, 2.75) is 26.6 Å². The molecule has 1 rings (SSSR count). The summed E-state index contributed by atoms with van der Waals surface area (Å²) in [5, 5.41) is 5.87. The van der Waals surface area contributed by atoms with Crippen LogP contribution in [0.3, 0.4) is 0 Å². The molecule has 1 aromatic rings. The van der Waals surface area contributed by atoms with Gasteiger partial charge in [-0.25, -0.2) is 18.1 Å². The van der Waals surface area contributed by atoms with Crippen LogP contribution in [0.2, 0.25) is 0 Å². The van der Waals surface area contributed by atoms with Crippen LogP contribution in [-0.4, -0.2) is 39.8 Å². The maximum absolute atomic E-state index is 12.7. The number of nitrogens with one attached hydrogen (secondary N) is 3. The van der Waals surface area contributed by atoms with Gasteiger partial charge in [0, 0.05) is 19.6 Å². The van der Waals surface area contributed by atoms with Crippen molar-refractivity contribution in [2.75, 3.05) is 25.4 Å². The molecule has 0 bridgehead atoms. The second-order valence-corrected chi connectivity index (χ2v) is 7.21. The number of aliphatic imine (C=N–C) groups is 1. The first-order chi connectivity index (χ1) is 11.7. The molecular formula is C15H23F3N4O2S. The Bertz CT molecular complexity index is 676. The van der Waals surface area contributed by atoms with Gasteiger partial charge in [-0.3, -0.25) is 0 Å². The van der Waals surface area contributed by atoms with E-state index in [2.05, 4.69) is 20.3 Å². The van der Waals surface area contributed by atoms with Gasteiger partial charge in [0.2, 0.25) is 10.0 Å². The first kappa shape index (κ1) is 21.2. The third kappa shape index (κ3) is 8.21. The molecule has 10 heteroatoms. The normalized spacial score (nSPS) is 12.9. The molecule has 1 aromatic carbocycles. The minimum Gasteiger partial charge on any atom is -0.357 e. The van der Waals surface area contributed by atoms with Crippen molar-refractivity contribution < 1.29 is 21.6 Å². The zero-order chi connectivity index (χ0) is 18.9. The van der Waals surface area contributed by atoms with Gasteiger partial charge in [0.1, 0.15) is 0 Å². The molecule has 0 amide bonds. The van der Waals surface area contributed by atoms with Crippen LogP contribution in [0.4, 0.5) is 13.2 Å². The lowest BCUT2D eigenvalue weighted by atomic mass is 10.1. The molecule has 0 fully saturated rings. The third-order valence-corrected chi connectivity index (χ3v) is 4.54. The predicted octanol–water partition coefficient (Wildman–Crippen LogP) is 1.70. The summed E-state index contributed by atoms with van der Waals surface area (Å²) in [5.74, 6) is 0.395. The predicted molar refractivity (Wildman–Crippen MR) is 91.7 cm³/mol. The molecule has 0 atom stereocenters. The molecule has 0 saturated heterocycles. The highest BCUT2D eigenvalue weighted by atomic mass is 32.2. The molecule has 3 N–H and O–H groups in total. The van der Waals surface area contributed by atoms with E-state index in [0.717, 1.165) is 12.1 Å². The summed E-state index contributed by atoms with van der Waals surface area (Å²) in [6.45, 7) is 4.50. The molecule has 0 aliphatic carbocycles. The van der Waals surface area contributed by atoms with Crippen LogP contribution in [0, 0.1) is 0 Å². The number of sulfonamides is 1. The Labute approximate surface area is 146 Å². The number of hydrogen-bond acceptors (Lipinski definition) is 3. The molecule has 0 unspecified atom stereocenters. The number of hydrogen-bond donors (Lipinski definition) is 3. The lowest BCUT2D eigenvalue weighted by Crippen LogP contribution is -2.41. The Morgan fingerprint density at radius 1 is 1.16 bits per heavy atom. The van der Waals surface area contributed by atoms with Crippen molar-refractivity contribution in [1.29, 1.82) is 0 Å². The van der Waals surface area contributed by atoms with E-state index in [1.54, 1.807) is 6.07 Å². The summed E-state index contributed by atoms with van der Waals surface area (Å²) in [7, 11) is -3.26. The number of guanidine groups is 1. The Kier molecular flexibility index (Phi) is 8.17. The van der Waals surface area contributed by atoms with E-state index in [1.165, 1.54) is 13.0 Å². The summed E-state index contributed by atoms with van der Waals surface area (Å²) in [4.78, 5) is 4.21. The van der Waals surface area contributed by atoms with E-state index < -0.39 is 21.8 Å². The number of alkyl halides is 3. The van der Waals surface area contributed by atoms with Gasteiger partial charge < -0.3 is 10.6 Å². The molecule has 0 aromatic heterocycles. The highest BCUT2D eigenvalue weighted by molar-refractivity contribution is 7.89. The Hall–Kier alpha value is -1.81. The largest absolute Gasteiger partial charge is 0.416 e. The monoisotopic (exact) mass is 380 g/mol. The number of benzene rings is 1. The maximum Gasteiger partial charge on any atom is 0.416 e. The van der Waals surface area contributed by atoms with Crippen molar-refractivity contribution in [3.05, 3.63) is 35.4 Å². The molecule has 25 heavy (non-hydrogen) atoms. The topological polar surface area (TPSA) is 82.6 Å². The van der Waals surface area contributed by atoms with E-state index in [-0.39, 0.29) is 18.8 Å². The van der Waals surface area contributed by atoms with Gasteiger partial charge in [-0.15, -0.1) is 0 Å². The Morgan fingerprint density at radius 3 is 2.48 bits per heavy atom. The van der Waals surface area contributed by atoms with Gasteiger partial charge in [0.25, 0.3) is 0 Å². The van der Waals surface area contributed by atoms with Crippen molar-refractivity contribution >= 4 is 16.0 Å². The summed E-state index contributed by atoms with van der Waals surface area (Å²) in [6.07, 6.45) is -4.39. The summed E-state index contributed by atoms with van der Waals surface area (Å²) in [5.41, 5.74) is -0.286. The summed E-state index contributed by atoms with van der Waals surface area (Å²) in [6, 6.07) is 4.98. The summed E-state index contributed by atoms with van der Waals surface area (Å²) >= 11 is 0. The van der Waals surface area contributed by atoms with Crippen LogP contribution in [0.1, 0.15) is 25.0 Å². The van der Waals surface area contributed by atoms with Crippen molar-refractivity contribution in [1.82, 2.24) is 15.4 Å². The van der Waals surface area contributed by atoms with Gasteiger partial charge >= 0.3 is 6.18 Å². The van der Waals surface area contributed by atoms with Crippen molar-refractivity contribution in [3.8, 4) is 0 Å². The highest BCUT2D eigenvalue weighted by Crippen LogP contribution is 2.29. The minimum absolute atomic E-state index is 0.00327. The first-order valence-corrected chi connectivity index (χ1v) is 9.48. The second-order valence-electron chi connectivity index (χ2n) is 5.12. The fourth-order valence-electron chi connectivity index (χ4n) is 1.85. The zero-order valence-electron chi connectivity index (χ0n) is 14.2. The van der Waals surface area contributed by atoms with Gasteiger partial charge in [-0.05, 0) is 31.5 Å². The average molecular weight is 380 g/mol. The van der Waals surface area contributed by atoms with Crippen molar-refractivity contribution in [3.63, 3.8) is 0 Å². The van der Waals surface area contributed by atoms with Gasteiger partial charge in [0.05, 0.1) is 17.9 Å². The molecule has 142 valence electrons. The third-order valence-electron chi connectivity index (χ3n) is 3.14. The maximum atomic E-state index is 12.7. The smallest absolute Gasteiger partial charge is 0.357 e. The number of rotatable bonds is 8.